The second-order valence-corrected chi connectivity index (χ2v) is 7.07. The number of ether oxygens (including phenoxy) is 1. The van der Waals surface area contributed by atoms with Crippen LogP contribution < -0.4 is 4.74 Å². The van der Waals surface area contributed by atoms with Gasteiger partial charge in [-0.05, 0) is 62.3 Å². The van der Waals surface area contributed by atoms with E-state index in [2.05, 4.69) is 36.1 Å². The lowest BCUT2D eigenvalue weighted by molar-refractivity contribution is 0.0547. The summed E-state index contributed by atoms with van der Waals surface area (Å²) >= 11 is 0. The molecule has 1 aromatic carbocycles. The average molecular weight is 301 g/mol. The Kier molecular flexibility index (Phi) is 5.77. The first-order valence-corrected chi connectivity index (χ1v) is 9.32. The second kappa shape index (κ2) is 8.01. The van der Waals surface area contributed by atoms with Crippen LogP contribution in [0.1, 0.15) is 63.9 Å². The van der Waals surface area contributed by atoms with Gasteiger partial charge in [-0.2, -0.15) is 0 Å². The fourth-order valence-corrected chi connectivity index (χ4v) is 4.18. The maximum atomic E-state index is 5.76. The number of benzene rings is 1. The zero-order chi connectivity index (χ0) is 15.2. The molecule has 0 spiro atoms. The Morgan fingerprint density at radius 3 is 2.64 bits per heavy atom. The molecule has 3 rings (SSSR count). The third-order valence-corrected chi connectivity index (χ3v) is 5.43. The highest BCUT2D eigenvalue weighted by atomic mass is 16.5. The molecule has 0 aromatic heterocycles. The summed E-state index contributed by atoms with van der Waals surface area (Å²) in [7, 11) is 0. The Labute approximate surface area is 135 Å². The predicted molar refractivity (Wildman–Crippen MR) is 92.2 cm³/mol. The quantitative estimate of drug-likeness (QED) is 0.684. The minimum absolute atomic E-state index is 0.839. The molecule has 22 heavy (non-hydrogen) atoms. The van der Waals surface area contributed by atoms with Gasteiger partial charge in [0, 0.05) is 12.6 Å². The summed E-state index contributed by atoms with van der Waals surface area (Å²) < 4.78 is 5.76. The van der Waals surface area contributed by atoms with Gasteiger partial charge in [-0.25, -0.2) is 0 Å². The van der Waals surface area contributed by atoms with Crippen LogP contribution in [0.25, 0.3) is 0 Å². The van der Waals surface area contributed by atoms with Crippen LogP contribution in [0.4, 0.5) is 0 Å². The summed E-state index contributed by atoms with van der Waals surface area (Å²) in [6.45, 7) is 5.45. The highest BCUT2D eigenvalue weighted by molar-refractivity contribution is 5.27. The fourth-order valence-electron chi connectivity index (χ4n) is 4.18. The van der Waals surface area contributed by atoms with Crippen LogP contribution in [-0.2, 0) is 6.54 Å². The van der Waals surface area contributed by atoms with Crippen LogP contribution in [0.2, 0.25) is 0 Å². The number of hydrogen-bond acceptors (Lipinski definition) is 2. The summed E-state index contributed by atoms with van der Waals surface area (Å²) in [4.78, 5) is 2.75. The Morgan fingerprint density at radius 1 is 1.05 bits per heavy atom. The molecule has 1 aromatic rings. The van der Waals surface area contributed by atoms with Gasteiger partial charge in [-0.3, -0.25) is 4.90 Å². The topological polar surface area (TPSA) is 12.5 Å². The first kappa shape index (κ1) is 15.9. The molecule has 1 saturated heterocycles. The lowest BCUT2D eigenvalue weighted by atomic mass is 9.78. The minimum Gasteiger partial charge on any atom is -0.494 e. The van der Waals surface area contributed by atoms with Crippen molar-refractivity contribution in [3.8, 4) is 5.75 Å². The molecule has 2 fully saturated rings. The lowest BCUT2D eigenvalue weighted by Crippen LogP contribution is -2.46. The van der Waals surface area contributed by atoms with Crippen molar-refractivity contribution in [2.75, 3.05) is 13.2 Å². The van der Waals surface area contributed by atoms with Crippen LogP contribution in [0.15, 0.2) is 24.3 Å². The minimum atomic E-state index is 0.839. The van der Waals surface area contributed by atoms with E-state index < -0.39 is 0 Å². The van der Waals surface area contributed by atoms with Crippen molar-refractivity contribution in [1.82, 2.24) is 4.90 Å². The van der Waals surface area contributed by atoms with Crippen molar-refractivity contribution in [3.05, 3.63) is 29.8 Å². The first-order valence-electron chi connectivity index (χ1n) is 9.32. The number of unbranched alkanes of at least 4 members (excludes halogenated alkanes) is 1. The van der Waals surface area contributed by atoms with Gasteiger partial charge in [-0.1, -0.05) is 38.3 Å². The van der Waals surface area contributed by atoms with Crippen LogP contribution in [0, 0.1) is 5.92 Å². The van der Waals surface area contributed by atoms with Gasteiger partial charge in [0.25, 0.3) is 0 Å². The molecule has 2 nitrogen and oxygen atoms in total. The van der Waals surface area contributed by atoms with Gasteiger partial charge in [-0.15, -0.1) is 0 Å². The van der Waals surface area contributed by atoms with Crippen LogP contribution >= 0.6 is 0 Å². The molecular formula is C20H31NO. The highest BCUT2D eigenvalue weighted by Gasteiger charge is 2.32. The molecule has 1 saturated carbocycles. The number of nitrogens with zero attached hydrogens (tertiary/aromatic N) is 1. The molecule has 2 atom stereocenters. The summed E-state index contributed by atoms with van der Waals surface area (Å²) in [5, 5.41) is 0. The maximum absolute atomic E-state index is 5.76. The molecule has 2 aliphatic rings. The van der Waals surface area contributed by atoms with E-state index in [1.807, 2.05) is 0 Å². The molecule has 1 aliphatic carbocycles. The molecule has 1 heterocycles. The zero-order valence-electron chi connectivity index (χ0n) is 14.1. The number of piperidine rings is 1. The number of hydrogen-bond donors (Lipinski definition) is 0. The normalized spacial score (nSPS) is 25.7. The lowest BCUT2D eigenvalue weighted by Gasteiger charge is -2.44. The van der Waals surface area contributed by atoms with Crippen molar-refractivity contribution in [1.29, 1.82) is 0 Å². The van der Waals surface area contributed by atoms with Crippen molar-refractivity contribution in [3.63, 3.8) is 0 Å². The van der Waals surface area contributed by atoms with Gasteiger partial charge in [0.1, 0.15) is 5.75 Å². The number of fused-ring (bicyclic) bond motifs is 1. The van der Waals surface area contributed by atoms with E-state index in [4.69, 9.17) is 4.74 Å². The standard InChI is InChI=1S/C20H31NO/c1-2-3-15-22-19-12-10-17(11-13-19)16-21-14-6-8-18-7-4-5-9-20(18)21/h10-13,18,20H,2-9,14-16H2,1H3. The van der Waals surface area contributed by atoms with Gasteiger partial charge in [0.2, 0.25) is 0 Å². The SMILES string of the molecule is CCCCOc1ccc(CN2CCCC3CCCCC32)cc1. The van der Waals surface area contributed by atoms with Crippen molar-refractivity contribution in [2.24, 2.45) is 5.92 Å². The monoisotopic (exact) mass is 301 g/mol. The third-order valence-electron chi connectivity index (χ3n) is 5.43. The molecule has 0 bridgehead atoms. The van der Waals surface area contributed by atoms with E-state index in [9.17, 15) is 0 Å². The molecule has 0 amide bonds. The average Bonchev–Trinajstić information content (AvgIpc) is 2.57. The van der Waals surface area contributed by atoms with Crippen LogP contribution in [0.5, 0.6) is 5.75 Å². The summed E-state index contributed by atoms with van der Waals surface area (Å²) in [6, 6.07) is 9.66. The third kappa shape index (κ3) is 4.04. The fraction of sp³-hybridized carbons (Fsp3) is 0.700. The molecule has 122 valence electrons. The summed E-state index contributed by atoms with van der Waals surface area (Å²) in [5.74, 6) is 1.99. The van der Waals surface area contributed by atoms with E-state index in [1.165, 1.54) is 57.1 Å². The van der Waals surface area contributed by atoms with Gasteiger partial charge < -0.3 is 4.74 Å². The van der Waals surface area contributed by atoms with Crippen molar-refractivity contribution >= 4 is 0 Å². The van der Waals surface area contributed by atoms with Gasteiger partial charge in [0.05, 0.1) is 6.61 Å². The molecule has 0 N–H and O–H groups in total. The largest absolute Gasteiger partial charge is 0.494 e. The highest BCUT2D eigenvalue weighted by Crippen LogP contribution is 2.36. The summed E-state index contributed by atoms with van der Waals surface area (Å²) in [6.07, 6.45) is 11.0. The van der Waals surface area contributed by atoms with Crippen molar-refractivity contribution in [2.45, 2.75) is 70.9 Å². The van der Waals surface area contributed by atoms with E-state index in [0.717, 1.165) is 37.3 Å². The maximum Gasteiger partial charge on any atom is 0.119 e. The Bertz CT molecular complexity index is 440. The van der Waals surface area contributed by atoms with E-state index in [-0.39, 0.29) is 0 Å². The van der Waals surface area contributed by atoms with Gasteiger partial charge >= 0.3 is 0 Å². The molecule has 2 heteroatoms. The van der Waals surface area contributed by atoms with E-state index in [1.54, 1.807) is 0 Å². The van der Waals surface area contributed by atoms with Crippen molar-refractivity contribution < 1.29 is 4.74 Å². The molecule has 2 unspecified atom stereocenters. The zero-order valence-corrected chi connectivity index (χ0v) is 14.1. The predicted octanol–water partition coefficient (Wildman–Crippen LogP) is 5.02. The summed E-state index contributed by atoms with van der Waals surface area (Å²) in [5.41, 5.74) is 1.44. The molecule has 0 radical (unpaired) electrons. The number of likely N-dealkylation sites (tertiary alicyclic amines) is 1. The smallest absolute Gasteiger partial charge is 0.119 e. The molecule has 1 aliphatic heterocycles. The first-order chi connectivity index (χ1) is 10.9. The van der Waals surface area contributed by atoms with Crippen LogP contribution in [0.3, 0.4) is 0 Å². The Morgan fingerprint density at radius 2 is 1.82 bits per heavy atom. The van der Waals surface area contributed by atoms with E-state index in [0.29, 0.717) is 0 Å². The molecular weight excluding hydrogens is 270 g/mol. The van der Waals surface area contributed by atoms with Gasteiger partial charge in [0.15, 0.2) is 0 Å². The van der Waals surface area contributed by atoms with Crippen LogP contribution in [-0.4, -0.2) is 24.1 Å². The Balaban J connectivity index is 1.55. The second-order valence-electron chi connectivity index (χ2n) is 7.07. The number of rotatable bonds is 6. The Hall–Kier alpha value is -1.02. The van der Waals surface area contributed by atoms with E-state index >= 15 is 0 Å².